The zero-order valence-corrected chi connectivity index (χ0v) is 9.42. The molecule has 2 nitrogen and oxygen atoms in total. The Bertz CT molecular complexity index is 164. The van der Waals surface area contributed by atoms with Gasteiger partial charge in [-0.25, -0.2) is 0 Å². The summed E-state index contributed by atoms with van der Waals surface area (Å²) in [6, 6.07) is 0. The van der Waals surface area contributed by atoms with Gasteiger partial charge in [0, 0.05) is 12.8 Å². The molecule has 0 aliphatic heterocycles. The van der Waals surface area contributed by atoms with E-state index in [0.29, 0.717) is 6.42 Å². The van der Waals surface area contributed by atoms with Crippen LogP contribution in [0, 0.1) is 0 Å². The molecule has 0 amide bonds. The maximum atomic E-state index is 11.1. The quantitative estimate of drug-likeness (QED) is 0.339. The lowest BCUT2D eigenvalue weighted by atomic mass is 10.1. The molecule has 0 saturated carbocycles. The molecular formula is C12H22O2. The van der Waals surface area contributed by atoms with E-state index in [9.17, 15) is 4.79 Å². The monoisotopic (exact) mass is 198 g/mol. The van der Waals surface area contributed by atoms with Gasteiger partial charge >= 0.3 is 5.97 Å². The molecule has 0 aromatic rings. The van der Waals surface area contributed by atoms with Crippen molar-refractivity contribution in [1.82, 2.24) is 0 Å². The molecule has 0 aromatic heterocycles. The number of carbonyl (C=O) groups excluding carboxylic acids is 1. The van der Waals surface area contributed by atoms with E-state index >= 15 is 0 Å². The van der Waals surface area contributed by atoms with Crippen LogP contribution in [-0.2, 0) is 9.53 Å². The van der Waals surface area contributed by atoms with Crippen molar-refractivity contribution >= 4 is 5.97 Å². The third kappa shape index (κ3) is 6.70. The highest BCUT2D eigenvalue weighted by atomic mass is 16.5. The molecule has 2 heteroatoms. The summed E-state index contributed by atoms with van der Waals surface area (Å²) in [4.78, 5) is 11.1. The fourth-order valence-electron chi connectivity index (χ4n) is 1.30. The molecule has 0 spiro atoms. The Morgan fingerprint density at radius 1 is 1.43 bits per heavy atom. The van der Waals surface area contributed by atoms with Crippen LogP contribution in [0.15, 0.2) is 12.7 Å². The maximum Gasteiger partial charge on any atom is 0.305 e. The number of rotatable bonds is 8. The van der Waals surface area contributed by atoms with Crippen molar-refractivity contribution < 1.29 is 9.53 Å². The van der Waals surface area contributed by atoms with Gasteiger partial charge in [-0.1, -0.05) is 32.8 Å². The van der Waals surface area contributed by atoms with Crippen LogP contribution in [-0.4, -0.2) is 12.1 Å². The second-order valence-electron chi connectivity index (χ2n) is 3.49. The number of hydrogen-bond donors (Lipinski definition) is 0. The van der Waals surface area contributed by atoms with Gasteiger partial charge in [0.15, 0.2) is 0 Å². The molecule has 0 bridgehead atoms. The molecule has 0 rings (SSSR count). The molecule has 0 saturated heterocycles. The van der Waals surface area contributed by atoms with Crippen molar-refractivity contribution in [3.63, 3.8) is 0 Å². The van der Waals surface area contributed by atoms with E-state index in [0.717, 1.165) is 19.3 Å². The van der Waals surface area contributed by atoms with Crippen LogP contribution in [0.2, 0.25) is 0 Å². The lowest BCUT2D eigenvalue weighted by molar-refractivity contribution is -0.148. The lowest BCUT2D eigenvalue weighted by Crippen LogP contribution is -2.16. The molecule has 0 N–H and O–H groups in total. The first-order chi connectivity index (χ1) is 6.74. The van der Waals surface area contributed by atoms with Gasteiger partial charge < -0.3 is 4.74 Å². The summed E-state index contributed by atoms with van der Waals surface area (Å²) in [5.41, 5.74) is 0. The van der Waals surface area contributed by atoms with Gasteiger partial charge in [0.2, 0.25) is 0 Å². The Kier molecular flexibility index (Phi) is 8.30. The first kappa shape index (κ1) is 13.2. The van der Waals surface area contributed by atoms with E-state index in [4.69, 9.17) is 4.74 Å². The first-order valence-corrected chi connectivity index (χ1v) is 5.54. The number of ether oxygens (including phenoxy) is 1. The van der Waals surface area contributed by atoms with Crippen molar-refractivity contribution in [3.8, 4) is 0 Å². The van der Waals surface area contributed by atoms with Crippen molar-refractivity contribution in [2.45, 2.75) is 58.5 Å². The molecule has 1 unspecified atom stereocenters. The molecule has 0 aliphatic carbocycles. The maximum absolute atomic E-state index is 11.1. The van der Waals surface area contributed by atoms with Gasteiger partial charge in [-0.3, -0.25) is 4.79 Å². The SMILES string of the molecule is C=CCC(CCCCC)OC(=O)CC. The van der Waals surface area contributed by atoms with Gasteiger partial charge in [-0.2, -0.15) is 0 Å². The molecule has 14 heavy (non-hydrogen) atoms. The number of hydrogen-bond acceptors (Lipinski definition) is 2. The van der Waals surface area contributed by atoms with E-state index in [1.165, 1.54) is 12.8 Å². The second-order valence-corrected chi connectivity index (χ2v) is 3.49. The summed E-state index contributed by atoms with van der Waals surface area (Å²) < 4.78 is 5.28. The summed E-state index contributed by atoms with van der Waals surface area (Å²) in [5.74, 6) is -0.103. The van der Waals surface area contributed by atoms with E-state index in [1.807, 2.05) is 13.0 Å². The van der Waals surface area contributed by atoms with Gasteiger partial charge in [-0.15, -0.1) is 6.58 Å². The fourth-order valence-corrected chi connectivity index (χ4v) is 1.30. The van der Waals surface area contributed by atoms with Crippen molar-refractivity contribution in [3.05, 3.63) is 12.7 Å². The Balaban J connectivity index is 3.76. The van der Waals surface area contributed by atoms with Crippen LogP contribution < -0.4 is 0 Å². The lowest BCUT2D eigenvalue weighted by Gasteiger charge is -2.15. The predicted octanol–water partition coefficient (Wildman–Crippen LogP) is 3.46. The Morgan fingerprint density at radius 2 is 2.14 bits per heavy atom. The van der Waals surface area contributed by atoms with Crippen LogP contribution >= 0.6 is 0 Å². The molecule has 82 valence electrons. The predicted molar refractivity (Wildman–Crippen MR) is 59.1 cm³/mol. The van der Waals surface area contributed by atoms with Gasteiger partial charge in [0.05, 0.1) is 0 Å². The second kappa shape index (κ2) is 8.79. The molecule has 0 heterocycles. The van der Waals surface area contributed by atoms with Crippen LogP contribution in [0.3, 0.4) is 0 Å². The van der Waals surface area contributed by atoms with E-state index in [1.54, 1.807) is 0 Å². The van der Waals surface area contributed by atoms with E-state index < -0.39 is 0 Å². The minimum absolute atomic E-state index is 0.0477. The summed E-state index contributed by atoms with van der Waals surface area (Å²) in [5, 5.41) is 0. The molecule has 0 fully saturated rings. The number of esters is 1. The third-order valence-electron chi connectivity index (χ3n) is 2.15. The fraction of sp³-hybridized carbons (Fsp3) is 0.750. The average molecular weight is 198 g/mol. The minimum Gasteiger partial charge on any atom is -0.462 e. The Morgan fingerprint density at radius 3 is 2.64 bits per heavy atom. The molecule has 0 radical (unpaired) electrons. The standard InChI is InChI=1S/C12H22O2/c1-4-7-8-10-11(9-5-2)14-12(13)6-3/h5,11H,2,4,6-10H2,1,3H3. The number of unbranched alkanes of at least 4 members (excludes halogenated alkanes) is 2. The first-order valence-electron chi connectivity index (χ1n) is 5.54. The topological polar surface area (TPSA) is 26.3 Å². The highest BCUT2D eigenvalue weighted by Gasteiger charge is 2.10. The zero-order valence-electron chi connectivity index (χ0n) is 9.42. The molecule has 0 aromatic carbocycles. The highest BCUT2D eigenvalue weighted by molar-refractivity contribution is 5.69. The Labute approximate surface area is 87.3 Å². The minimum atomic E-state index is -0.103. The highest BCUT2D eigenvalue weighted by Crippen LogP contribution is 2.11. The van der Waals surface area contributed by atoms with E-state index in [-0.39, 0.29) is 12.1 Å². The van der Waals surface area contributed by atoms with E-state index in [2.05, 4.69) is 13.5 Å². The number of carbonyl (C=O) groups is 1. The molecule has 1 atom stereocenters. The zero-order chi connectivity index (χ0) is 10.8. The summed E-state index contributed by atoms with van der Waals surface area (Å²) in [6.45, 7) is 7.66. The third-order valence-corrected chi connectivity index (χ3v) is 2.15. The smallest absolute Gasteiger partial charge is 0.305 e. The van der Waals surface area contributed by atoms with Crippen LogP contribution in [0.5, 0.6) is 0 Å². The van der Waals surface area contributed by atoms with Gasteiger partial charge in [0.1, 0.15) is 6.10 Å². The van der Waals surface area contributed by atoms with Crippen molar-refractivity contribution in [1.29, 1.82) is 0 Å². The van der Waals surface area contributed by atoms with Gasteiger partial charge in [-0.05, 0) is 12.8 Å². The normalized spacial score (nSPS) is 12.1. The largest absolute Gasteiger partial charge is 0.462 e. The molecular weight excluding hydrogens is 176 g/mol. The Hall–Kier alpha value is -0.790. The molecule has 0 aliphatic rings. The summed E-state index contributed by atoms with van der Waals surface area (Å²) in [6.07, 6.45) is 7.60. The van der Waals surface area contributed by atoms with Crippen LogP contribution in [0.25, 0.3) is 0 Å². The van der Waals surface area contributed by atoms with Gasteiger partial charge in [0.25, 0.3) is 0 Å². The van der Waals surface area contributed by atoms with Crippen LogP contribution in [0.4, 0.5) is 0 Å². The van der Waals surface area contributed by atoms with Crippen molar-refractivity contribution in [2.24, 2.45) is 0 Å². The van der Waals surface area contributed by atoms with Crippen LogP contribution in [0.1, 0.15) is 52.4 Å². The summed E-state index contributed by atoms with van der Waals surface area (Å²) in [7, 11) is 0. The van der Waals surface area contributed by atoms with Crippen molar-refractivity contribution in [2.75, 3.05) is 0 Å². The summed E-state index contributed by atoms with van der Waals surface area (Å²) >= 11 is 0. The average Bonchev–Trinajstić information content (AvgIpc) is 2.18.